The van der Waals surface area contributed by atoms with E-state index >= 15 is 0 Å². The summed E-state index contributed by atoms with van der Waals surface area (Å²) in [6.45, 7) is 2.11. The third kappa shape index (κ3) is 4.74. The molecule has 4 aromatic rings. The Labute approximate surface area is 176 Å². The van der Waals surface area contributed by atoms with E-state index in [0.717, 1.165) is 28.5 Å². The first kappa shape index (κ1) is 19.8. The lowest BCUT2D eigenvalue weighted by atomic mass is 10.2. The van der Waals surface area contributed by atoms with Crippen LogP contribution in [0.2, 0.25) is 0 Å². The predicted octanol–water partition coefficient (Wildman–Crippen LogP) is 5.01. The van der Waals surface area contributed by atoms with E-state index in [9.17, 15) is 9.18 Å². The minimum atomic E-state index is -0.398. The number of benzene rings is 2. The monoisotopic (exact) mass is 422 g/mol. The molecule has 2 aromatic heterocycles. The van der Waals surface area contributed by atoms with Gasteiger partial charge in [-0.15, -0.1) is 0 Å². The molecule has 0 saturated heterocycles. The number of urea groups is 1. The molecule has 152 valence electrons. The molecule has 2 heterocycles. The fourth-order valence-electron chi connectivity index (χ4n) is 2.84. The summed E-state index contributed by atoms with van der Waals surface area (Å²) in [5.41, 5.74) is 2.14. The van der Waals surface area contributed by atoms with Gasteiger partial charge in [0.25, 0.3) is 5.78 Å². The highest BCUT2D eigenvalue weighted by atomic mass is 32.2. The number of halogens is 1. The van der Waals surface area contributed by atoms with E-state index in [1.165, 1.54) is 30.6 Å². The SMILES string of the molecule is CCCc1cc(Sc2ccc(NC(=O)Nc3ccc(F)cc3)cc2)n2ncnc2n1. The molecule has 0 aliphatic rings. The first-order valence-electron chi connectivity index (χ1n) is 9.42. The van der Waals surface area contributed by atoms with Gasteiger partial charge >= 0.3 is 6.03 Å². The molecule has 4 rings (SSSR count). The van der Waals surface area contributed by atoms with Gasteiger partial charge in [-0.25, -0.2) is 14.2 Å². The van der Waals surface area contributed by atoms with Crippen molar-refractivity contribution in [2.75, 3.05) is 10.6 Å². The molecule has 9 heteroatoms. The molecule has 0 atom stereocenters. The number of carbonyl (C=O) groups is 1. The van der Waals surface area contributed by atoms with Gasteiger partial charge in [0.1, 0.15) is 17.2 Å². The van der Waals surface area contributed by atoms with Gasteiger partial charge in [-0.1, -0.05) is 25.1 Å². The van der Waals surface area contributed by atoms with E-state index in [1.54, 1.807) is 16.3 Å². The highest BCUT2D eigenvalue weighted by molar-refractivity contribution is 7.99. The van der Waals surface area contributed by atoms with Gasteiger partial charge < -0.3 is 10.6 Å². The second-order valence-corrected chi connectivity index (χ2v) is 7.61. The second kappa shape index (κ2) is 8.91. The van der Waals surface area contributed by atoms with Crippen LogP contribution in [0.3, 0.4) is 0 Å². The number of aromatic nitrogens is 4. The van der Waals surface area contributed by atoms with E-state index in [0.29, 0.717) is 17.2 Å². The van der Waals surface area contributed by atoms with E-state index < -0.39 is 6.03 Å². The average Bonchev–Trinajstić information content (AvgIpc) is 3.20. The molecule has 2 amide bonds. The number of hydrogen-bond donors (Lipinski definition) is 2. The number of amides is 2. The summed E-state index contributed by atoms with van der Waals surface area (Å²) in [7, 11) is 0. The molecule has 0 fully saturated rings. The maximum Gasteiger partial charge on any atom is 0.323 e. The summed E-state index contributed by atoms with van der Waals surface area (Å²) in [5.74, 6) is 0.229. The Morgan fingerprint density at radius 1 is 1.07 bits per heavy atom. The average molecular weight is 422 g/mol. The zero-order valence-electron chi connectivity index (χ0n) is 16.2. The molecule has 0 aliphatic heterocycles. The number of rotatable bonds is 6. The Morgan fingerprint density at radius 2 is 1.73 bits per heavy atom. The molecular weight excluding hydrogens is 403 g/mol. The minimum absolute atomic E-state index is 0.353. The maximum atomic E-state index is 13.0. The Bertz CT molecular complexity index is 1160. The van der Waals surface area contributed by atoms with Gasteiger partial charge in [0.15, 0.2) is 0 Å². The van der Waals surface area contributed by atoms with E-state index in [-0.39, 0.29) is 5.82 Å². The van der Waals surface area contributed by atoms with Crippen LogP contribution in [0.25, 0.3) is 5.78 Å². The fraction of sp³-hybridized carbons (Fsp3) is 0.143. The lowest BCUT2D eigenvalue weighted by molar-refractivity contribution is 0.262. The standard InChI is InChI=1S/C21H19FN6OS/c1-2-3-17-12-19(28-20(25-17)23-13-24-28)30-18-10-8-16(9-11-18)27-21(29)26-15-6-4-14(22)5-7-15/h4-13H,2-3H2,1H3,(H2,26,27,29). The molecular formula is C21H19FN6OS. The maximum absolute atomic E-state index is 13.0. The van der Waals surface area contributed by atoms with Crippen LogP contribution in [0, 0.1) is 5.82 Å². The normalized spacial score (nSPS) is 10.9. The first-order chi connectivity index (χ1) is 14.6. The molecule has 7 nitrogen and oxygen atoms in total. The quantitative estimate of drug-likeness (QED) is 0.427. The molecule has 0 unspecified atom stereocenters. The zero-order chi connectivity index (χ0) is 20.9. The molecule has 0 aliphatic carbocycles. The number of anilines is 2. The van der Waals surface area contributed by atoms with Crippen LogP contribution in [-0.2, 0) is 6.42 Å². The van der Waals surface area contributed by atoms with Crippen LogP contribution in [-0.4, -0.2) is 25.6 Å². The molecule has 0 saturated carbocycles. The minimum Gasteiger partial charge on any atom is -0.308 e. The van der Waals surface area contributed by atoms with Crippen molar-refractivity contribution in [1.82, 2.24) is 19.6 Å². The molecule has 30 heavy (non-hydrogen) atoms. The zero-order valence-corrected chi connectivity index (χ0v) is 17.0. The summed E-state index contributed by atoms with van der Waals surface area (Å²) in [5, 5.41) is 10.6. The molecule has 0 bridgehead atoms. The first-order valence-corrected chi connectivity index (χ1v) is 10.2. The highest BCUT2D eigenvalue weighted by Crippen LogP contribution is 2.29. The van der Waals surface area contributed by atoms with Gasteiger partial charge in [0.05, 0.1) is 0 Å². The molecule has 2 aromatic carbocycles. The van der Waals surface area contributed by atoms with Crippen molar-refractivity contribution < 1.29 is 9.18 Å². The Kier molecular flexibility index (Phi) is 5.89. The largest absolute Gasteiger partial charge is 0.323 e. The number of nitrogens with one attached hydrogen (secondary N) is 2. The third-order valence-electron chi connectivity index (χ3n) is 4.22. The Morgan fingerprint density at radius 3 is 2.40 bits per heavy atom. The van der Waals surface area contributed by atoms with Crippen molar-refractivity contribution in [2.45, 2.75) is 29.7 Å². The van der Waals surface area contributed by atoms with Crippen molar-refractivity contribution in [2.24, 2.45) is 0 Å². The molecule has 2 N–H and O–H groups in total. The number of hydrogen-bond acceptors (Lipinski definition) is 5. The number of nitrogens with zero attached hydrogens (tertiary/aromatic N) is 4. The number of aryl methyl sites for hydroxylation is 1. The van der Waals surface area contributed by atoms with Gasteiger partial charge in [-0.05, 0) is 61.0 Å². The molecule has 0 radical (unpaired) electrons. The number of fused-ring (bicyclic) bond motifs is 1. The van der Waals surface area contributed by atoms with Gasteiger partial charge in [0, 0.05) is 22.0 Å². The van der Waals surface area contributed by atoms with Crippen LogP contribution >= 0.6 is 11.8 Å². The van der Waals surface area contributed by atoms with Gasteiger partial charge in [-0.3, -0.25) is 0 Å². The van der Waals surface area contributed by atoms with Crippen molar-refractivity contribution in [1.29, 1.82) is 0 Å². The number of carbonyl (C=O) groups excluding carboxylic acids is 1. The second-order valence-electron chi connectivity index (χ2n) is 6.52. The van der Waals surface area contributed by atoms with Crippen LogP contribution in [0.5, 0.6) is 0 Å². The summed E-state index contributed by atoms with van der Waals surface area (Å²) in [6.07, 6.45) is 3.37. The van der Waals surface area contributed by atoms with E-state index in [1.807, 2.05) is 30.3 Å². The summed E-state index contributed by atoms with van der Waals surface area (Å²) >= 11 is 1.55. The van der Waals surface area contributed by atoms with Crippen LogP contribution in [0.4, 0.5) is 20.6 Å². The summed E-state index contributed by atoms with van der Waals surface area (Å²) < 4.78 is 14.7. The Balaban J connectivity index is 1.44. The predicted molar refractivity (Wildman–Crippen MR) is 114 cm³/mol. The van der Waals surface area contributed by atoms with Crippen molar-refractivity contribution in [3.8, 4) is 0 Å². The highest BCUT2D eigenvalue weighted by Gasteiger charge is 2.10. The lowest BCUT2D eigenvalue weighted by Gasteiger charge is -2.09. The van der Waals surface area contributed by atoms with Crippen LogP contribution in [0.15, 0.2) is 70.8 Å². The van der Waals surface area contributed by atoms with Crippen LogP contribution in [0.1, 0.15) is 19.0 Å². The molecule has 0 spiro atoms. The summed E-state index contributed by atoms with van der Waals surface area (Å²) in [4.78, 5) is 21.8. The lowest BCUT2D eigenvalue weighted by Crippen LogP contribution is -2.19. The third-order valence-corrected chi connectivity index (χ3v) is 5.22. The van der Waals surface area contributed by atoms with Crippen molar-refractivity contribution in [3.63, 3.8) is 0 Å². The van der Waals surface area contributed by atoms with Crippen molar-refractivity contribution in [3.05, 3.63) is 72.4 Å². The van der Waals surface area contributed by atoms with E-state index in [2.05, 4.69) is 32.6 Å². The smallest absolute Gasteiger partial charge is 0.308 e. The Hall–Kier alpha value is -3.46. The van der Waals surface area contributed by atoms with Crippen molar-refractivity contribution >= 4 is 34.9 Å². The van der Waals surface area contributed by atoms with Crippen LogP contribution < -0.4 is 10.6 Å². The topological polar surface area (TPSA) is 84.2 Å². The van der Waals surface area contributed by atoms with Gasteiger partial charge in [-0.2, -0.15) is 14.6 Å². The van der Waals surface area contributed by atoms with E-state index in [4.69, 9.17) is 0 Å². The fourth-order valence-corrected chi connectivity index (χ4v) is 3.77. The summed E-state index contributed by atoms with van der Waals surface area (Å²) in [6, 6.07) is 14.7. The van der Waals surface area contributed by atoms with Gasteiger partial charge in [0.2, 0.25) is 0 Å².